The van der Waals surface area contributed by atoms with E-state index in [1.807, 2.05) is 6.92 Å². The van der Waals surface area contributed by atoms with Gasteiger partial charge in [-0.05, 0) is 26.7 Å². The predicted octanol–water partition coefficient (Wildman–Crippen LogP) is 1.33. The van der Waals surface area contributed by atoms with Crippen molar-refractivity contribution in [1.29, 1.82) is 0 Å². The Kier molecular flexibility index (Phi) is 2.56. The van der Waals surface area contributed by atoms with Gasteiger partial charge in [-0.3, -0.25) is 4.79 Å². The lowest BCUT2D eigenvalue weighted by Crippen LogP contribution is -2.37. The lowest BCUT2D eigenvalue weighted by Gasteiger charge is -2.24. The van der Waals surface area contributed by atoms with Crippen molar-refractivity contribution < 1.29 is 19.4 Å². The van der Waals surface area contributed by atoms with Crippen LogP contribution in [0.15, 0.2) is 0 Å². The Morgan fingerprint density at radius 2 is 2.25 bits per heavy atom. The molecule has 3 atom stereocenters. The minimum atomic E-state index is -0.738. The molecule has 0 aromatic heterocycles. The number of carboxylic acid groups (broad SMARTS) is 1. The van der Waals surface area contributed by atoms with Gasteiger partial charge in [0.1, 0.15) is 0 Å². The molecular formula is C11H17NO4. The number of likely N-dealkylation sites (tertiary alicyclic amines) is 1. The summed E-state index contributed by atoms with van der Waals surface area (Å²) in [6, 6.07) is -0.0207. The van der Waals surface area contributed by atoms with Gasteiger partial charge in [0, 0.05) is 18.0 Å². The quantitative estimate of drug-likeness (QED) is 0.772. The maximum atomic E-state index is 11.6. The fourth-order valence-electron chi connectivity index (χ4n) is 2.89. The monoisotopic (exact) mass is 227 g/mol. The summed E-state index contributed by atoms with van der Waals surface area (Å²) in [7, 11) is 0. The molecule has 0 aromatic carbocycles. The number of hydrogen-bond donors (Lipinski definition) is 1. The molecule has 1 spiro atoms. The number of carbonyl (C=O) groups excluding carboxylic acids is 1. The van der Waals surface area contributed by atoms with Crippen molar-refractivity contribution in [2.45, 2.75) is 32.7 Å². The van der Waals surface area contributed by atoms with E-state index in [0.717, 1.165) is 6.42 Å². The summed E-state index contributed by atoms with van der Waals surface area (Å²) in [6.45, 7) is 4.67. The summed E-state index contributed by atoms with van der Waals surface area (Å²) in [5, 5.41) is 8.99. The lowest BCUT2D eigenvalue weighted by molar-refractivity contribution is -0.139. The van der Waals surface area contributed by atoms with Crippen LogP contribution in [0.5, 0.6) is 0 Å². The normalized spacial score (nSPS) is 36.5. The molecule has 2 fully saturated rings. The summed E-state index contributed by atoms with van der Waals surface area (Å²) >= 11 is 0. The van der Waals surface area contributed by atoms with Crippen molar-refractivity contribution in [2.24, 2.45) is 11.3 Å². The van der Waals surface area contributed by atoms with E-state index in [9.17, 15) is 9.59 Å². The first-order valence-corrected chi connectivity index (χ1v) is 5.69. The minimum absolute atomic E-state index is 0.0207. The number of amides is 1. The SMILES string of the molecule is CCOC(=O)N1CCC2(CC2C(=O)O)C1C. The van der Waals surface area contributed by atoms with E-state index in [1.165, 1.54) is 0 Å². The number of nitrogens with zero attached hydrogens (tertiary/aromatic N) is 1. The maximum Gasteiger partial charge on any atom is 0.410 e. The van der Waals surface area contributed by atoms with Crippen LogP contribution in [0, 0.1) is 11.3 Å². The molecule has 1 amide bonds. The van der Waals surface area contributed by atoms with Gasteiger partial charge in [0.15, 0.2) is 0 Å². The van der Waals surface area contributed by atoms with Crippen molar-refractivity contribution in [3.05, 3.63) is 0 Å². The Hall–Kier alpha value is -1.26. The maximum absolute atomic E-state index is 11.6. The highest BCUT2D eigenvalue weighted by molar-refractivity contribution is 5.76. The van der Waals surface area contributed by atoms with Crippen LogP contribution < -0.4 is 0 Å². The third-order valence-electron chi connectivity index (χ3n) is 4.04. The van der Waals surface area contributed by atoms with Crippen LogP contribution in [0.1, 0.15) is 26.7 Å². The summed E-state index contributed by atoms with van der Waals surface area (Å²) in [4.78, 5) is 24.2. The van der Waals surface area contributed by atoms with Crippen LogP contribution in [0.2, 0.25) is 0 Å². The molecule has 1 aliphatic heterocycles. The molecule has 1 aliphatic carbocycles. The fourth-order valence-corrected chi connectivity index (χ4v) is 2.89. The first kappa shape index (κ1) is 11.2. The third kappa shape index (κ3) is 1.45. The molecule has 90 valence electrons. The zero-order valence-corrected chi connectivity index (χ0v) is 9.60. The summed E-state index contributed by atoms with van der Waals surface area (Å²) in [6.07, 6.45) is 1.16. The van der Waals surface area contributed by atoms with Gasteiger partial charge in [-0.1, -0.05) is 0 Å². The number of ether oxygens (including phenoxy) is 1. The van der Waals surface area contributed by atoms with E-state index < -0.39 is 5.97 Å². The van der Waals surface area contributed by atoms with Gasteiger partial charge < -0.3 is 14.7 Å². The molecule has 2 rings (SSSR count). The van der Waals surface area contributed by atoms with E-state index >= 15 is 0 Å². The molecule has 3 unspecified atom stereocenters. The molecule has 1 heterocycles. The second-order valence-electron chi connectivity index (χ2n) is 4.65. The van der Waals surface area contributed by atoms with Crippen LogP contribution in [-0.4, -0.2) is 41.3 Å². The number of carboxylic acids is 1. The summed E-state index contributed by atoms with van der Waals surface area (Å²) < 4.78 is 4.95. The van der Waals surface area contributed by atoms with Crippen molar-refractivity contribution in [3.8, 4) is 0 Å². The van der Waals surface area contributed by atoms with Crippen molar-refractivity contribution in [2.75, 3.05) is 13.2 Å². The third-order valence-corrected chi connectivity index (χ3v) is 4.04. The Morgan fingerprint density at radius 1 is 1.56 bits per heavy atom. The van der Waals surface area contributed by atoms with E-state index in [0.29, 0.717) is 19.6 Å². The Labute approximate surface area is 94.4 Å². The van der Waals surface area contributed by atoms with E-state index in [1.54, 1.807) is 11.8 Å². The molecule has 1 saturated heterocycles. The second-order valence-corrected chi connectivity index (χ2v) is 4.65. The average Bonchev–Trinajstić information content (AvgIpc) is 2.85. The summed E-state index contributed by atoms with van der Waals surface area (Å²) in [5.74, 6) is -1.01. The van der Waals surface area contributed by atoms with Gasteiger partial charge in [0.2, 0.25) is 0 Å². The highest BCUT2D eigenvalue weighted by atomic mass is 16.6. The van der Waals surface area contributed by atoms with Crippen LogP contribution in [0.4, 0.5) is 4.79 Å². The molecular weight excluding hydrogens is 210 g/mol. The van der Waals surface area contributed by atoms with Gasteiger partial charge in [-0.2, -0.15) is 0 Å². The average molecular weight is 227 g/mol. The smallest absolute Gasteiger partial charge is 0.410 e. The zero-order valence-electron chi connectivity index (χ0n) is 9.60. The molecule has 5 heteroatoms. The predicted molar refractivity (Wildman–Crippen MR) is 56.0 cm³/mol. The number of hydrogen-bond acceptors (Lipinski definition) is 3. The van der Waals surface area contributed by atoms with Crippen LogP contribution in [0.25, 0.3) is 0 Å². The minimum Gasteiger partial charge on any atom is -0.481 e. The molecule has 5 nitrogen and oxygen atoms in total. The number of aliphatic carboxylic acids is 1. The Morgan fingerprint density at radius 3 is 2.75 bits per heavy atom. The largest absolute Gasteiger partial charge is 0.481 e. The molecule has 16 heavy (non-hydrogen) atoms. The van der Waals surface area contributed by atoms with Gasteiger partial charge in [-0.15, -0.1) is 0 Å². The molecule has 0 aromatic rings. The van der Waals surface area contributed by atoms with Gasteiger partial charge in [0.25, 0.3) is 0 Å². The van der Waals surface area contributed by atoms with Crippen LogP contribution in [0.3, 0.4) is 0 Å². The molecule has 2 aliphatic rings. The van der Waals surface area contributed by atoms with Crippen LogP contribution in [-0.2, 0) is 9.53 Å². The Balaban J connectivity index is 2.04. The number of rotatable bonds is 2. The van der Waals surface area contributed by atoms with E-state index in [-0.39, 0.29) is 23.5 Å². The topological polar surface area (TPSA) is 66.8 Å². The number of carbonyl (C=O) groups is 2. The van der Waals surface area contributed by atoms with Crippen molar-refractivity contribution >= 4 is 12.1 Å². The molecule has 1 N–H and O–H groups in total. The van der Waals surface area contributed by atoms with Gasteiger partial charge in [0.05, 0.1) is 12.5 Å². The molecule has 0 bridgehead atoms. The fraction of sp³-hybridized carbons (Fsp3) is 0.818. The standard InChI is InChI=1S/C11H17NO4/c1-3-16-10(15)12-5-4-11(7(12)2)6-8(11)9(13)14/h7-8H,3-6H2,1-2H3,(H,13,14). The first-order valence-electron chi connectivity index (χ1n) is 5.69. The van der Waals surface area contributed by atoms with Crippen LogP contribution >= 0.6 is 0 Å². The Bertz CT molecular complexity index is 330. The zero-order chi connectivity index (χ0) is 11.9. The van der Waals surface area contributed by atoms with Gasteiger partial charge >= 0.3 is 12.1 Å². The highest BCUT2D eigenvalue weighted by Gasteiger charge is 2.65. The lowest BCUT2D eigenvalue weighted by atomic mass is 9.95. The first-order chi connectivity index (χ1) is 7.53. The van der Waals surface area contributed by atoms with E-state index in [4.69, 9.17) is 9.84 Å². The molecule has 0 radical (unpaired) electrons. The second kappa shape index (κ2) is 3.64. The van der Waals surface area contributed by atoms with Crippen molar-refractivity contribution in [1.82, 2.24) is 4.90 Å². The van der Waals surface area contributed by atoms with Crippen molar-refractivity contribution in [3.63, 3.8) is 0 Å². The highest BCUT2D eigenvalue weighted by Crippen LogP contribution is 2.62. The molecule has 1 saturated carbocycles. The summed E-state index contributed by atoms with van der Waals surface area (Å²) in [5.41, 5.74) is -0.182. The van der Waals surface area contributed by atoms with Gasteiger partial charge in [-0.25, -0.2) is 4.79 Å². The van der Waals surface area contributed by atoms with E-state index in [2.05, 4.69) is 0 Å².